The maximum atomic E-state index is 13.3. The molecule has 1 atom stereocenters. The summed E-state index contributed by atoms with van der Waals surface area (Å²) in [6.07, 6.45) is 3.90. The second-order valence-electron chi connectivity index (χ2n) is 4.72. The SMILES string of the molecule is COc1nc(N2CCOC(C3CC3)C2)ncc1F. The Bertz CT molecular complexity index is 439. The van der Waals surface area contributed by atoms with Crippen LogP contribution in [0, 0.1) is 11.7 Å². The predicted octanol–water partition coefficient (Wildman–Crippen LogP) is 1.24. The van der Waals surface area contributed by atoms with E-state index in [-0.39, 0.29) is 12.0 Å². The lowest BCUT2D eigenvalue weighted by Gasteiger charge is -2.33. The molecule has 1 aliphatic carbocycles. The Morgan fingerprint density at radius 3 is 3.06 bits per heavy atom. The zero-order valence-electron chi connectivity index (χ0n) is 10.3. The highest BCUT2D eigenvalue weighted by atomic mass is 19.1. The third-order valence-electron chi connectivity index (χ3n) is 3.42. The monoisotopic (exact) mass is 253 g/mol. The largest absolute Gasteiger partial charge is 0.479 e. The molecular weight excluding hydrogens is 237 g/mol. The minimum atomic E-state index is -0.534. The van der Waals surface area contributed by atoms with Gasteiger partial charge in [-0.25, -0.2) is 4.98 Å². The summed E-state index contributed by atoms with van der Waals surface area (Å²) in [5, 5.41) is 0. The molecule has 98 valence electrons. The van der Waals surface area contributed by atoms with Crippen molar-refractivity contribution in [3.63, 3.8) is 0 Å². The van der Waals surface area contributed by atoms with Gasteiger partial charge in [0, 0.05) is 13.1 Å². The van der Waals surface area contributed by atoms with E-state index in [1.54, 1.807) is 0 Å². The fourth-order valence-electron chi connectivity index (χ4n) is 2.25. The molecule has 0 spiro atoms. The molecule has 0 amide bonds. The molecule has 1 aromatic rings. The van der Waals surface area contributed by atoms with E-state index in [4.69, 9.17) is 9.47 Å². The molecular formula is C12H16FN3O2. The molecule has 18 heavy (non-hydrogen) atoms. The summed E-state index contributed by atoms with van der Waals surface area (Å²) in [7, 11) is 1.40. The van der Waals surface area contributed by atoms with Crippen LogP contribution in [0.2, 0.25) is 0 Å². The molecule has 1 saturated heterocycles. The Morgan fingerprint density at radius 2 is 2.33 bits per heavy atom. The zero-order valence-corrected chi connectivity index (χ0v) is 10.3. The Balaban J connectivity index is 1.76. The number of aromatic nitrogens is 2. The van der Waals surface area contributed by atoms with Gasteiger partial charge in [-0.2, -0.15) is 9.37 Å². The van der Waals surface area contributed by atoms with Crippen LogP contribution in [0.1, 0.15) is 12.8 Å². The van der Waals surface area contributed by atoms with Gasteiger partial charge in [0.15, 0.2) is 0 Å². The van der Waals surface area contributed by atoms with Crippen LogP contribution in [0.15, 0.2) is 6.20 Å². The van der Waals surface area contributed by atoms with E-state index >= 15 is 0 Å². The van der Waals surface area contributed by atoms with Crippen molar-refractivity contribution < 1.29 is 13.9 Å². The van der Waals surface area contributed by atoms with Gasteiger partial charge in [0.25, 0.3) is 5.88 Å². The zero-order chi connectivity index (χ0) is 12.5. The number of nitrogens with zero attached hydrogens (tertiary/aromatic N) is 3. The number of anilines is 1. The standard InChI is InChI=1S/C12H16FN3O2/c1-17-11-9(13)6-14-12(15-11)16-4-5-18-10(7-16)8-2-3-8/h6,8,10H,2-5,7H2,1H3. The third kappa shape index (κ3) is 2.25. The van der Waals surface area contributed by atoms with Crippen molar-refractivity contribution >= 4 is 5.95 Å². The number of halogens is 1. The van der Waals surface area contributed by atoms with Crippen LogP contribution in [-0.4, -0.2) is 42.9 Å². The van der Waals surface area contributed by atoms with Gasteiger partial charge in [-0.15, -0.1) is 0 Å². The molecule has 2 fully saturated rings. The first-order valence-corrected chi connectivity index (χ1v) is 6.21. The molecule has 0 N–H and O–H groups in total. The lowest BCUT2D eigenvalue weighted by atomic mass is 10.2. The maximum absolute atomic E-state index is 13.3. The summed E-state index contributed by atoms with van der Waals surface area (Å²) < 4.78 is 23.9. The van der Waals surface area contributed by atoms with Crippen LogP contribution in [0.5, 0.6) is 5.88 Å². The molecule has 2 aliphatic rings. The normalized spacial score (nSPS) is 24.1. The highest BCUT2D eigenvalue weighted by Crippen LogP contribution is 2.36. The minimum Gasteiger partial charge on any atom is -0.479 e. The van der Waals surface area contributed by atoms with E-state index in [2.05, 4.69) is 9.97 Å². The van der Waals surface area contributed by atoms with E-state index in [1.165, 1.54) is 20.0 Å². The van der Waals surface area contributed by atoms with E-state index in [1.807, 2.05) is 4.90 Å². The van der Waals surface area contributed by atoms with Gasteiger partial charge >= 0.3 is 0 Å². The molecule has 1 saturated carbocycles. The summed E-state index contributed by atoms with van der Waals surface area (Å²) in [5.74, 6) is 0.653. The minimum absolute atomic E-state index is 0.00513. The van der Waals surface area contributed by atoms with Crippen molar-refractivity contribution in [3.8, 4) is 5.88 Å². The fourth-order valence-corrected chi connectivity index (χ4v) is 2.25. The van der Waals surface area contributed by atoms with Crippen LogP contribution in [0.25, 0.3) is 0 Å². The van der Waals surface area contributed by atoms with Gasteiger partial charge in [0.2, 0.25) is 11.8 Å². The lowest BCUT2D eigenvalue weighted by Crippen LogP contribution is -2.44. The molecule has 5 nitrogen and oxygen atoms in total. The van der Waals surface area contributed by atoms with E-state index in [0.717, 1.165) is 19.3 Å². The van der Waals surface area contributed by atoms with Gasteiger partial charge in [0.1, 0.15) is 0 Å². The molecule has 0 radical (unpaired) electrons. The van der Waals surface area contributed by atoms with Crippen molar-refractivity contribution in [2.45, 2.75) is 18.9 Å². The molecule has 0 aromatic carbocycles. The topological polar surface area (TPSA) is 47.5 Å². The van der Waals surface area contributed by atoms with E-state index in [0.29, 0.717) is 18.5 Å². The number of hydrogen-bond acceptors (Lipinski definition) is 5. The second-order valence-corrected chi connectivity index (χ2v) is 4.72. The van der Waals surface area contributed by atoms with Crippen molar-refractivity contribution in [2.24, 2.45) is 5.92 Å². The van der Waals surface area contributed by atoms with Crippen molar-refractivity contribution in [3.05, 3.63) is 12.0 Å². The Labute approximate surface area is 105 Å². The van der Waals surface area contributed by atoms with Gasteiger partial charge in [0.05, 0.1) is 26.0 Å². The van der Waals surface area contributed by atoms with Crippen molar-refractivity contribution in [2.75, 3.05) is 31.7 Å². The van der Waals surface area contributed by atoms with Crippen LogP contribution in [-0.2, 0) is 4.74 Å². The van der Waals surface area contributed by atoms with Gasteiger partial charge < -0.3 is 14.4 Å². The molecule has 0 bridgehead atoms. The second kappa shape index (κ2) is 4.68. The Hall–Kier alpha value is -1.43. The number of ether oxygens (including phenoxy) is 2. The van der Waals surface area contributed by atoms with Crippen LogP contribution in [0.3, 0.4) is 0 Å². The van der Waals surface area contributed by atoms with Crippen molar-refractivity contribution in [1.29, 1.82) is 0 Å². The Morgan fingerprint density at radius 1 is 1.50 bits per heavy atom. The number of methoxy groups -OCH3 is 1. The van der Waals surface area contributed by atoms with Crippen LogP contribution >= 0.6 is 0 Å². The maximum Gasteiger partial charge on any atom is 0.255 e. The lowest BCUT2D eigenvalue weighted by molar-refractivity contribution is 0.0258. The van der Waals surface area contributed by atoms with Crippen LogP contribution in [0.4, 0.5) is 10.3 Å². The fraction of sp³-hybridized carbons (Fsp3) is 0.667. The summed E-state index contributed by atoms with van der Waals surface area (Å²) in [5.41, 5.74) is 0. The predicted molar refractivity (Wildman–Crippen MR) is 63.2 cm³/mol. The van der Waals surface area contributed by atoms with Crippen LogP contribution < -0.4 is 9.64 Å². The summed E-state index contributed by atoms with van der Waals surface area (Å²) in [6, 6.07) is 0. The average molecular weight is 253 g/mol. The van der Waals surface area contributed by atoms with Gasteiger partial charge in [-0.3, -0.25) is 0 Å². The number of morpholine rings is 1. The quantitative estimate of drug-likeness (QED) is 0.811. The molecule has 1 aliphatic heterocycles. The molecule has 6 heteroatoms. The Kier molecular flexibility index (Phi) is 3.03. The highest BCUT2D eigenvalue weighted by molar-refractivity contribution is 5.33. The molecule has 1 aromatic heterocycles. The molecule has 2 heterocycles. The van der Waals surface area contributed by atoms with Gasteiger partial charge in [-0.05, 0) is 18.8 Å². The summed E-state index contributed by atoms with van der Waals surface area (Å²) in [6.45, 7) is 2.18. The highest BCUT2D eigenvalue weighted by Gasteiger charge is 2.35. The number of hydrogen-bond donors (Lipinski definition) is 0. The first kappa shape index (κ1) is 11.6. The van der Waals surface area contributed by atoms with Crippen molar-refractivity contribution in [1.82, 2.24) is 9.97 Å². The van der Waals surface area contributed by atoms with E-state index < -0.39 is 5.82 Å². The average Bonchev–Trinajstić information content (AvgIpc) is 3.24. The first-order valence-electron chi connectivity index (χ1n) is 6.21. The smallest absolute Gasteiger partial charge is 0.255 e. The van der Waals surface area contributed by atoms with Gasteiger partial charge in [-0.1, -0.05) is 0 Å². The first-order chi connectivity index (χ1) is 8.78. The molecule has 3 rings (SSSR count). The molecule has 1 unspecified atom stereocenters. The van der Waals surface area contributed by atoms with E-state index in [9.17, 15) is 4.39 Å². The number of rotatable bonds is 3. The summed E-state index contributed by atoms with van der Waals surface area (Å²) in [4.78, 5) is 10.2. The summed E-state index contributed by atoms with van der Waals surface area (Å²) >= 11 is 0. The third-order valence-corrected chi connectivity index (χ3v) is 3.42.